The lowest BCUT2D eigenvalue weighted by Gasteiger charge is -2.37. The van der Waals surface area contributed by atoms with Crippen LogP contribution in [0.25, 0.3) is 0 Å². The van der Waals surface area contributed by atoms with Crippen LogP contribution in [0.5, 0.6) is 0 Å². The Morgan fingerprint density at radius 1 is 1.16 bits per heavy atom. The Kier molecular flexibility index (Phi) is 4.91. The van der Waals surface area contributed by atoms with Crippen molar-refractivity contribution in [2.24, 2.45) is 0 Å². The van der Waals surface area contributed by atoms with Gasteiger partial charge in [0.05, 0.1) is 5.37 Å². The van der Waals surface area contributed by atoms with Gasteiger partial charge in [-0.3, -0.25) is 0 Å². The van der Waals surface area contributed by atoms with E-state index in [1.165, 1.54) is 4.90 Å². The molecule has 1 aliphatic rings. The summed E-state index contributed by atoms with van der Waals surface area (Å²) in [4.78, 5) is 1.27. The molecule has 1 atom stereocenters. The Labute approximate surface area is 120 Å². The molecule has 0 aliphatic carbocycles. The molecule has 0 saturated heterocycles. The average molecular weight is 299 g/mol. The van der Waals surface area contributed by atoms with Crippen molar-refractivity contribution in [2.75, 3.05) is 25.9 Å². The highest BCUT2D eigenvalue weighted by atomic mass is 32.2. The molecule has 4 nitrogen and oxygen atoms in total. The van der Waals surface area contributed by atoms with E-state index in [2.05, 4.69) is 29.7 Å². The molecule has 106 valence electrons. The van der Waals surface area contributed by atoms with Crippen LogP contribution >= 0.6 is 11.8 Å². The van der Waals surface area contributed by atoms with Gasteiger partial charge in [0, 0.05) is 31.9 Å². The number of benzene rings is 1. The van der Waals surface area contributed by atoms with Gasteiger partial charge in [0.1, 0.15) is 0 Å². The summed E-state index contributed by atoms with van der Waals surface area (Å²) in [6, 6.07) is 8.36. The highest BCUT2D eigenvalue weighted by Crippen LogP contribution is 2.47. The molecule has 0 aromatic heterocycles. The first-order chi connectivity index (χ1) is 9.22. The highest BCUT2D eigenvalue weighted by Gasteiger charge is 2.53. The number of thioether (sulfide) groups is 1. The molecular formula is C13H21NO3SSi. The van der Waals surface area contributed by atoms with Crippen molar-refractivity contribution in [2.45, 2.75) is 30.0 Å². The monoisotopic (exact) mass is 299 g/mol. The van der Waals surface area contributed by atoms with Crippen molar-refractivity contribution in [3.05, 3.63) is 24.3 Å². The van der Waals surface area contributed by atoms with E-state index in [1.807, 2.05) is 17.8 Å². The van der Waals surface area contributed by atoms with E-state index in [1.54, 1.807) is 21.3 Å². The molecule has 2 rings (SSSR count). The fourth-order valence-electron chi connectivity index (χ4n) is 2.41. The van der Waals surface area contributed by atoms with Gasteiger partial charge in [-0.1, -0.05) is 37.2 Å². The molecular weight excluding hydrogens is 278 g/mol. The third-order valence-corrected chi connectivity index (χ3v) is 7.48. The van der Waals surface area contributed by atoms with E-state index in [0.717, 1.165) is 18.5 Å². The Balaban J connectivity index is 2.43. The average Bonchev–Trinajstić information content (AvgIpc) is 2.81. The second-order valence-corrected chi connectivity index (χ2v) is 8.31. The lowest BCUT2D eigenvalue weighted by atomic mass is 10.3. The van der Waals surface area contributed by atoms with E-state index in [0.29, 0.717) is 5.37 Å². The number of anilines is 1. The van der Waals surface area contributed by atoms with E-state index in [4.69, 9.17) is 13.3 Å². The molecule has 19 heavy (non-hydrogen) atoms. The SMILES string of the molecule is CCCC1Sc2ccccc2N1[Si](OC)(OC)OC. The van der Waals surface area contributed by atoms with E-state index in [-0.39, 0.29) is 0 Å². The van der Waals surface area contributed by atoms with Gasteiger partial charge in [0.2, 0.25) is 0 Å². The topological polar surface area (TPSA) is 30.9 Å². The smallest absolute Gasteiger partial charge is 0.360 e. The van der Waals surface area contributed by atoms with Gasteiger partial charge >= 0.3 is 8.97 Å². The fraction of sp³-hybridized carbons (Fsp3) is 0.538. The zero-order valence-electron chi connectivity index (χ0n) is 11.9. The zero-order valence-corrected chi connectivity index (χ0v) is 13.7. The maximum Gasteiger partial charge on any atom is 0.633 e. The van der Waals surface area contributed by atoms with Crippen molar-refractivity contribution >= 4 is 26.4 Å². The van der Waals surface area contributed by atoms with Crippen LogP contribution in [0.2, 0.25) is 0 Å². The van der Waals surface area contributed by atoms with Crippen LogP contribution in [0.4, 0.5) is 5.69 Å². The third kappa shape index (κ3) is 2.55. The second-order valence-electron chi connectivity index (χ2n) is 4.34. The van der Waals surface area contributed by atoms with E-state index in [9.17, 15) is 0 Å². The lowest BCUT2D eigenvalue weighted by Crippen LogP contribution is -2.61. The normalized spacial score (nSPS) is 18.7. The minimum Gasteiger partial charge on any atom is -0.360 e. The Morgan fingerprint density at radius 2 is 1.79 bits per heavy atom. The van der Waals surface area contributed by atoms with Crippen LogP contribution in [-0.2, 0) is 13.3 Å². The van der Waals surface area contributed by atoms with Gasteiger partial charge in [-0.2, -0.15) is 0 Å². The maximum absolute atomic E-state index is 5.66. The molecule has 1 aromatic carbocycles. The summed E-state index contributed by atoms with van der Waals surface area (Å²) in [5, 5.41) is 0.314. The standard InChI is InChI=1S/C13H21NO3SSi/c1-5-8-13-14(19(15-2,16-3)17-4)11-9-6-7-10-12(11)18-13/h6-7,9-10,13H,5,8H2,1-4H3. The molecule has 0 fully saturated rings. The molecule has 1 aromatic rings. The summed E-state index contributed by atoms with van der Waals surface area (Å²) in [5.41, 5.74) is 1.16. The van der Waals surface area contributed by atoms with Crippen LogP contribution in [-0.4, -0.2) is 35.7 Å². The Hall–Kier alpha value is -0.533. The fourth-order valence-corrected chi connectivity index (χ4v) is 6.41. The van der Waals surface area contributed by atoms with Crippen LogP contribution < -0.4 is 4.57 Å². The second kappa shape index (κ2) is 6.28. The molecule has 1 aliphatic heterocycles. The zero-order chi connectivity index (χ0) is 13.9. The molecule has 0 bridgehead atoms. The summed E-state index contributed by atoms with van der Waals surface area (Å²) in [6.45, 7) is 2.19. The first-order valence-corrected chi connectivity index (χ1v) is 8.98. The van der Waals surface area contributed by atoms with Crippen molar-refractivity contribution in [1.29, 1.82) is 0 Å². The molecule has 1 heterocycles. The predicted octanol–water partition coefficient (Wildman–Crippen LogP) is 3.10. The molecule has 0 amide bonds. The minimum atomic E-state index is -2.82. The number of para-hydroxylation sites is 1. The first-order valence-electron chi connectivity index (χ1n) is 6.43. The summed E-state index contributed by atoms with van der Waals surface area (Å²) in [7, 11) is 2.16. The Morgan fingerprint density at radius 3 is 2.37 bits per heavy atom. The van der Waals surface area contributed by atoms with Crippen LogP contribution in [0.1, 0.15) is 19.8 Å². The first kappa shape index (κ1) is 14.9. The molecule has 1 unspecified atom stereocenters. The molecule has 6 heteroatoms. The van der Waals surface area contributed by atoms with Crippen molar-refractivity contribution in [3.63, 3.8) is 0 Å². The molecule has 0 spiro atoms. The van der Waals surface area contributed by atoms with Gasteiger partial charge in [-0.15, -0.1) is 0 Å². The summed E-state index contributed by atoms with van der Waals surface area (Å²) in [5.74, 6) is 0. The maximum atomic E-state index is 5.66. The summed E-state index contributed by atoms with van der Waals surface area (Å²) in [6.07, 6.45) is 2.19. The largest absolute Gasteiger partial charge is 0.633 e. The lowest BCUT2D eigenvalue weighted by molar-refractivity contribution is 0.120. The van der Waals surface area contributed by atoms with Gasteiger partial charge in [-0.25, -0.2) is 0 Å². The van der Waals surface area contributed by atoms with Crippen molar-refractivity contribution < 1.29 is 13.3 Å². The summed E-state index contributed by atoms with van der Waals surface area (Å²) < 4.78 is 19.2. The van der Waals surface area contributed by atoms with Crippen molar-refractivity contribution in [1.82, 2.24) is 0 Å². The molecule has 0 radical (unpaired) electrons. The van der Waals surface area contributed by atoms with Crippen molar-refractivity contribution in [3.8, 4) is 0 Å². The quantitative estimate of drug-likeness (QED) is 0.753. The molecule has 0 N–H and O–H groups in total. The third-order valence-electron chi connectivity index (χ3n) is 3.28. The van der Waals surface area contributed by atoms with Crippen LogP contribution in [0.15, 0.2) is 29.2 Å². The number of hydrogen-bond donors (Lipinski definition) is 0. The number of rotatable bonds is 6. The predicted molar refractivity (Wildman–Crippen MR) is 80.3 cm³/mol. The highest BCUT2D eigenvalue weighted by molar-refractivity contribution is 8.00. The van der Waals surface area contributed by atoms with Crippen LogP contribution in [0.3, 0.4) is 0 Å². The van der Waals surface area contributed by atoms with Gasteiger partial charge in [-0.05, 0) is 18.6 Å². The number of nitrogens with zero attached hydrogens (tertiary/aromatic N) is 1. The number of fused-ring (bicyclic) bond motifs is 1. The van der Waals surface area contributed by atoms with Crippen LogP contribution in [0, 0.1) is 0 Å². The van der Waals surface area contributed by atoms with Gasteiger partial charge in [0.25, 0.3) is 0 Å². The Bertz CT molecular complexity index is 420. The van der Waals surface area contributed by atoms with Gasteiger partial charge in [0.15, 0.2) is 0 Å². The number of hydrogen-bond acceptors (Lipinski definition) is 5. The summed E-state index contributed by atoms with van der Waals surface area (Å²) >= 11 is 1.86. The minimum absolute atomic E-state index is 0.314. The van der Waals surface area contributed by atoms with E-state index < -0.39 is 8.97 Å². The van der Waals surface area contributed by atoms with Gasteiger partial charge < -0.3 is 17.8 Å². The van der Waals surface area contributed by atoms with E-state index >= 15 is 0 Å². The molecule has 0 saturated carbocycles.